The Bertz CT molecular complexity index is 1080. The molecule has 0 unspecified atom stereocenters. The van der Waals surface area contributed by atoms with Gasteiger partial charge in [-0.25, -0.2) is 12.8 Å². The van der Waals surface area contributed by atoms with Crippen LogP contribution in [0.5, 0.6) is 0 Å². The summed E-state index contributed by atoms with van der Waals surface area (Å²) in [6, 6.07) is 7.91. The van der Waals surface area contributed by atoms with E-state index in [1.165, 1.54) is 29.6 Å². The molecule has 3 rings (SSSR count). The summed E-state index contributed by atoms with van der Waals surface area (Å²) in [6.07, 6.45) is -3.34. The maximum Gasteiger partial charge on any atom is 0.315 e. The number of carbonyl (C=O) groups excluding carboxylic acids is 1. The van der Waals surface area contributed by atoms with Crippen molar-refractivity contribution in [2.24, 2.45) is 0 Å². The van der Waals surface area contributed by atoms with Gasteiger partial charge in [0.05, 0.1) is 17.5 Å². The van der Waals surface area contributed by atoms with Gasteiger partial charge in [0.25, 0.3) is 5.91 Å². The highest BCUT2D eigenvalue weighted by Gasteiger charge is 2.48. The summed E-state index contributed by atoms with van der Waals surface area (Å²) in [5, 5.41) is 22.6. The molecule has 0 radical (unpaired) electrons. The van der Waals surface area contributed by atoms with Crippen LogP contribution in [0.15, 0.2) is 42.6 Å². The number of amides is 1. The van der Waals surface area contributed by atoms with E-state index in [2.05, 4.69) is 4.98 Å². The monoisotopic (exact) mass is 487 g/mol. The van der Waals surface area contributed by atoms with E-state index >= 15 is 0 Å². The number of aliphatic hydroxyl groups excluding tert-OH is 1. The number of carbonyl (C=O) groups is 1. The minimum absolute atomic E-state index is 0.0508. The molecule has 1 amide bonds. The van der Waals surface area contributed by atoms with E-state index in [0.717, 1.165) is 0 Å². The number of nitrogens with zero attached hydrogens (tertiary/aromatic N) is 2. The first-order valence-electron chi connectivity index (χ1n) is 10.1. The van der Waals surface area contributed by atoms with Crippen LogP contribution in [0, 0.1) is 0 Å². The van der Waals surface area contributed by atoms with Crippen LogP contribution in [-0.4, -0.2) is 71.8 Å². The lowest BCUT2D eigenvalue weighted by Crippen LogP contribution is -2.61. The number of sulfonamides is 1. The SMILES string of the molecule is CCS(=O)(=O)N1CC(O)(c2ccc(-c3ccc([C@H](O)[C@@H](CF)NC(=O)C(F)F)cc3)cn2)C1. The predicted octanol–water partition coefficient (Wildman–Crippen LogP) is 1.35. The third-order valence-corrected chi connectivity index (χ3v) is 7.31. The fourth-order valence-electron chi connectivity index (χ4n) is 3.47. The molecule has 0 aliphatic carbocycles. The smallest absolute Gasteiger partial charge is 0.315 e. The molecule has 2 atom stereocenters. The number of rotatable bonds is 9. The number of halogens is 3. The Balaban J connectivity index is 1.68. The van der Waals surface area contributed by atoms with E-state index in [1.807, 2.05) is 0 Å². The van der Waals surface area contributed by atoms with Gasteiger partial charge in [-0.2, -0.15) is 13.1 Å². The zero-order chi connectivity index (χ0) is 24.4. The Morgan fingerprint density at radius 3 is 2.27 bits per heavy atom. The maximum absolute atomic E-state index is 13.2. The molecule has 2 heterocycles. The predicted molar refractivity (Wildman–Crippen MR) is 113 cm³/mol. The molecule has 1 aliphatic heterocycles. The zero-order valence-electron chi connectivity index (χ0n) is 17.7. The Morgan fingerprint density at radius 2 is 1.79 bits per heavy atom. The van der Waals surface area contributed by atoms with Crippen LogP contribution in [0.25, 0.3) is 11.1 Å². The highest BCUT2D eigenvalue weighted by Crippen LogP contribution is 2.33. The highest BCUT2D eigenvalue weighted by atomic mass is 32.2. The fourth-order valence-corrected chi connectivity index (χ4v) is 4.66. The Morgan fingerprint density at radius 1 is 1.18 bits per heavy atom. The lowest BCUT2D eigenvalue weighted by atomic mass is 9.92. The molecule has 12 heteroatoms. The van der Waals surface area contributed by atoms with Crippen LogP contribution in [0.1, 0.15) is 24.3 Å². The Hall–Kier alpha value is -2.54. The first-order valence-corrected chi connectivity index (χ1v) is 11.7. The fraction of sp³-hybridized carbons (Fsp3) is 0.429. The van der Waals surface area contributed by atoms with Gasteiger partial charge in [-0.15, -0.1) is 0 Å². The number of hydrogen-bond donors (Lipinski definition) is 3. The number of aliphatic hydroxyl groups is 2. The molecule has 1 aliphatic rings. The summed E-state index contributed by atoms with van der Waals surface area (Å²) in [7, 11) is -3.38. The van der Waals surface area contributed by atoms with Gasteiger partial charge >= 0.3 is 6.43 Å². The van der Waals surface area contributed by atoms with Gasteiger partial charge in [-0.05, 0) is 24.1 Å². The van der Waals surface area contributed by atoms with Crippen molar-refractivity contribution >= 4 is 15.9 Å². The van der Waals surface area contributed by atoms with Gasteiger partial charge in [0.15, 0.2) is 0 Å². The highest BCUT2D eigenvalue weighted by molar-refractivity contribution is 7.89. The van der Waals surface area contributed by atoms with E-state index in [-0.39, 0.29) is 24.4 Å². The molecular formula is C21H24F3N3O5S. The van der Waals surface area contributed by atoms with E-state index in [1.54, 1.807) is 29.6 Å². The van der Waals surface area contributed by atoms with Crippen molar-refractivity contribution in [3.05, 3.63) is 53.9 Å². The second-order valence-corrected chi connectivity index (χ2v) is 10.0. The largest absolute Gasteiger partial charge is 0.386 e. The van der Waals surface area contributed by atoms with E-state index in [9.17, 15) is 36.6 Å². The van der Waals surface area contributed by atoms with Crippen molar-refractivity contribution in [3.8, 4) is 11.1 Å². The van der Waals surface area contributed by atoms with Crippen molar-refractivity contribution in [1.29, 1.82) is 0 Å². The van der Waals surface area contributed by atoms with E-state index in [0.29, 0.717) is 16.8 Å². The Labute approximate surface area is 189 Å². The number of alkyl halides is 3. The Kier molecular flexibility index (Phi) is 7.42. The minimum Gasteiger partial charge on any atom is -0.386 e. The summed E-state index contributed by atoms with van der Waals surface area (Å²) in [4.78, 5) is 15.3. The average molecular weight is 488 g/mol. The number of benzene rings is 1. The first kappa shape index (κ1) is 25.1. The van der Waals surface area contributed by atoms with Crippen LogP contribution in [-0.2, 0) is 20.4 Å². The molecule has 1 aromatic carbocycles. The molecule has 180 valence electrons. The summed E-state index contributed by atoms with van der Waals surface area (Å²) < 4.78 is 62.8. The van der Waals surface area contributed by atoms with Crippen molar-refractivity contribution in [2.75, 3.05) is 25.5 Å². The molecule has 1 fully saturated rings. The number of hydrogen-bond acceptors (Lipinski definition) is 6. The van der Waals surface area contributed by atoms with Crippen LogP contribution in [0.2, 0.25) is 0 Å². The molecule has 0 bridgehead atoms. The van der Waals surface area contributed by atoms with Crippen molar-refractivity contribution in [3.63, 3.8) is 0 Å². The third-order valence-electron chi connectivity index (χ3n) is 5.53. The van der Waals surface area contributed by atoms with Gasteiger partial charge in [0, 0.05) is 24.8 Å². The molecule has 8 nitrogen and oxygen atoms in total. The number of β-amino-alcohol motifs (C(OH)–C–C–N with tert-alkyl or cyclic N) is 1. The summed E-state index contributed by atoms with van der Waals surface area (Å²) in [5.41, 5.74) is 0.532. The van der Waals surface area contributed by atoms with Crippen LogP contribution in [0.4, 0.5) is 13.2 Å². The van der Waals surface area contributed by atoms with Crippen LogP contribution in [0.3, 0.4) is 0 Å². The lowest BCUT2D eigenvalue weighted by molar-refractivity contribution is -0.133. The van der Waals surface area contributed by atoms with E-state index in [4.69, 9.17) is 0 Å². The van der Waals surface area contributed by atoms with E-state index < -0.39 is 46.8 Å². The van der Waals surface area contributed by atoms with Gasteiger partial charge in [-0.1, -0.05) is 30.3 Å². The standard InChI is InChI=1S/C21H24F3N3O5S/c1-2-33(31,32)27-11-21(30,12-27)17-8-7-15(10-25-17)13-3-5-14(6-4-13)18(28)16(9-22)26-20(29)19(23)24/h3-8,10,16,18-19,28,30H,2,9,11-12H2,1H3,(H,26,29)/t16-,18+/m1/s1. The van der Waals surface area contributed by atoms with Crippen LogP contribution >= 0.6 is 0 Å². The summed E-state index contributed by atoms with van der Waals surface area (Å²) in [6.45, 7) is 0.160. The number of aromatic nitrogens is 1. The minimum atomic E-state index is -3.38. The van der Waals surface area contributed by atoms with Gasteiger partial charge < -0.3 is 15.5 Å². The zero-order valence-corrected chi connectivity index (χ0v) is 18.5. The van der Waals surface area contributed by atoms with Crippen molar-refractivity contribution in [1.82, 2.24) is 14.6 Å². The van der Waals surface area contributed by atoms with Gasteiger partial charge in [0.1, 0.15) is 18.4 Å². The average Bonchev–Trinajstić information content (AvgIpc) is 2.80. The lowest BCUT2D eigenvalue weighted by Gasteiger charge is -2.44. The quantitative estimate of drug-likeness (QED) is 0.491. The molecule has 1 saturated heterocycles. The third kappa shape index (κ3) is 5.35. The molecule has 0 spiro atoms. The van der Waals surface area contributed by atoms with Crippen molar-refractivity contribution < 1.29 is 36.6 Å². The van der Waals surface area contributed by atoms with Gasteiger partial charge in [0.2, 0.25) is 10.0 Å². The first-order chi connectivity index (χ1) is 15.5. The number of pyridine rings is 1. The summed E-state index contributed by atoms with van der Waals surface area (Å²) >= 11 is 0. The van der Waals surface area contributed by atoms with Gasteiger partial charge in [-0.3, -0.25) is 9.78 Å². The topological polar surface area (TPSA) is 120 Å². The molecular weight excluding hydrogens is 463 g/mol. The summed E-state index contributed by atoms with van der Waals surface area (Å²) in [5.74, 6) is -1.71. The molecule has 2 aromatic rings. The van der Waals surface area contributed by atoms with Crippen molar-refractivity contribution in [2.45, 2.75) is 31.1 Å². The second-order valence-electron chi connectivity index (χ2n) is 7.77. The maximum atomic E-state index is 13.2. The number of nitrogens with one attached hydrogen (secondary N) is 1. The second kappa shape index (κ2) is 9.75. The molecule has 33 heavy (non-hydrogen) atoms. The molecule has 1 aromatic heterocycles. The molecule has 0 saturated carbocycles. The normalized spacial score (nSPS) is 17.9. The van der Waals surface area contributed by atoms with Crippen LogP contribution < -0.4 is 5.32 Å². The molecule has 3 N–H and O–H groups in total.